The first-order valence-electron chi connectivity index (χ1n) is 6.66. The van der Waals surface area contributed by atoms with Crippen molar-refractivity contribution >= 4 is 21.6 Å². The summed E-state index contributed by atoms with van der Waals surface area (Å²) in [4.78, 5) is 0. The highest BCUT2D eigenvalue weighted by molar-refractivity contribution is 7.13. The molecule has 5 heteroatoms. The first-order valence-corrected chi connectivity index (χ1v) is 7.44. The van der Waals surface area contributed by atoms with Crippen molar-refractivity contribution in [2.24, 2.45) is 0 Å². The van der Waals surface area contributed by atoms with Crippen molar-refractivity contribution in [3.05, 3.63) is 24.3 Å². The molecule has 0 aliphatic carbocycles. The smallest absolute Gasteiger partial charge is 0.233 e. The molecule has 1 aromatic heterocycles. The SMILES string of the molecule is CCCC(COc1nsc2ccccc12)NCCO. The van der Waals surface area contributed by atoms with Crippen molar-refractivity contribution < 1.29 is 9.84 Å². The average molecular weight is 280 g/mol. The molecule has 1 heterocycles. The number of aliphatic hydroxyl groups excluding tert-OH is 1. The molecule has 0 saturated heterocycles. The summed E-state index contributed by atoms with van der Waals surface area (Å²) in [6.45, 7) is 3.49. The van der Waals surface area contributed by atoms with Gasteiger partial charge in [0.1, 0.15) is 6.61 Å². The lowest BCUT2D eigenvalue weighted by molar-refractivity contribution is 0.232. The number of benzene rings is 1. The van der Waals surface area contributed by atoms with Gasteiger partial charge >= 0.3 is 0 Å². The highest BCUT2D eigenvalue weighted by Gasteiger charge is 2.11. The zero-order chi connectivity index (χ0) is 13.5. The number of nitrogens with one attached hydrogen (secondary N) is 1. The Morgan fingerprint density at radius 3 is 3.05 bits per heavy atom. The quantitative estimate of drug-likeness (QED) is 0.780. The van der Waals surface area contributed by atoms with Crippen molar-refractivity contribution in [3.63, 3.8) is 0 Å². The monoisotopic (exact) mass is 280 g/mol. The molecule has 0 spiro atoms. The summed E-state index contributed by atoms with van der Waals surface area (Å²) in [5, 5.41) is 13.2. The van der Waals surface area contributed by atoms with E-state index in [1.165, 1.54) is 11.5 Å². The van der Waals surface area contributed by atoms with E-state index in [0.717, 1.165) is 22.9 Å². The van der Waals surface area contributed by atoms with Gasteiger partial charge in [0.15, 0.2) is 0 Å². The Balaban J connectivity index is 1.96. The zero-order valence-electron chi connectivity index (χ0n) is 11.1. The number of aliphatic hydroxyl groups is 1. The molecule has 2 aromatic rings. The van der Waals surface area contributed by atoms with Crippen LogP contribution in [0, 0.1) is 0 Å². The summed E-state index contributed by atoms with van der Waals surface area (Å²) >= 11 is 1.46. The molecule has 0 radical (unpaired) electrons. The van der Waals surface area contributed by atoms with Crippen LogP contribution in [0.1, 0.15) is 19.8 Å². The molecular formula is C14H20N2O2S. The van der Waals surface area contributed by atoms with Crippen LogP contribution >= 0.6 is 11.5 Å². The van der Waals surface area contributed by atoms with E-state index in [1.54, 1.807) is 0 Å². The predicted molar refractivity (Wildman–Crippen MR) is 78.9 cm³/mol. The maximum absolute atomic E-state index is 8.86. The Labute approximate surface area is 117 Å². The topological polar surface area (TPSA) is 54.4 Å². The number of rotatable bonds is 8. The summed E-state index contributed by atoms with van der Waals surface area (Å²) in [7, 11) is 0. The minimum atomic E-state index is 0.153. The first-order chi connectivity index (χ1) is 9.35. The molecule has 4 nitrogen and oxygen atoms in total. The van der Waals surface area contributed by atoms with E-state index in [1.807, 2.05) is 24.3 Å². The minimum absolute atomic E-state index is 0.153. The molecule has 2 N–H and O–H groups in total. The molecule has 0 bridgehead atoms. The fourth-order valence-electron chi connectivity index (χ4n) is 2.01. The Morgan fingerprint density at radius 1 is 1.42 bits per heavy atom. The first kappa shape index (κ1) is 14.2. The van der Waals surface area contributed by atoms with Gasteiger partial charge in [0.05, 0.1) is 16.7 Å². The minimum Gasteiger partial charge on any atom is -0.475 e. The average Bonchev–Trinajstić information content (AvgIpc) is 2.85. The molecule has 2 rings (SSSR count). The molecule has 19 heavy (non-hydrogen) atoms. The van der Waals surface area contributed by atoms with Crippen LogP contribution in [0.2, 0.25) is 0 Å². The lowest BCUT2D eigenvalue weighted by atomic mass is 10.2. The third-order valence-electron chi connectivity index (χ3n) is 2.95. The van der Waals surface area contributed by atoms with Gasteiger partial charge in [-0.3, -0.25) is 0 Å². The molecule has 0 saturated carbocycles. The van der Waals surface area contributed by atoms with Crippen molar-refractivity contribution in [3.8, 4) is 5.88 Å². The van der Waals surface area contributed by atoms with Crippen LogP contribution in [0.4, 0.5) is 0 Å². The third kappa shape index (κ3) is 3.89. The van der Waals surface area contributed by atoms with Crippen molar-refractivity contribution in [2.45, 2.75) is 25.8 Å². The largest absolute Gasteiger partial charge is 0.475 e. The van der Waals surface area contributed by atoms with E-state index in [2.05, 4.69) is 16.6 Å². The van der Waals surface area contributed by atoms with E-state index >= 15 is 0 Å². The van der Waals surface area contributed by atoms with Gasteiger partial charge < -0.3 is 15.2 Å². The van der Waals surface area contributed by atoms with Gasteiger partial charge in [-0.05, 0) is 30.1 Å². The van der Waals surface area contributed by atoms with Gasteiger partial charge in [0, 0.05) is 12.6 Å². The van der Waals surface area contributed by atoms with Crippen molar-refractivity contribution in [1.29, 1.82) is 0 Å². The van der Waals surface area contributed by atoms with Crippen LogP contribution in [-0.2, 0) is 0 Å². The Bertz CT molecular complexity index is 501. The number of ether oxygens (including phenoxy) is 1. The van der Waals surface area contributed by atoms with Crippen LogP contribution in [0.15, 0.2) is 24.3 Å². The van der Waals surface area contributed by atoms with Crippen LogP contribution in [0.3, 0.4) is 0 Å². The highest BCUT2D eigenvalue weighted by Crippen LogP contribution is 2.28. The third-order valence-corrected chi connectivity index (χ3v) is 3.76. The van der Waals surface area contributed by atoms with E-state index < -0.39 is 0 Å². The molecule has 1 atom stereocenters. The summed E-state index contributed by atoms with van der Waals surface area (Å²) in [6, 6.07) is 8.35. The van der Waals surface area contributed by atoms with Crippen LogP contribution in [0.5, 0.6) is 5.88 Å². The van der Waals surface area contributed by atoms with Crippen molar-refractivity contribution in [1.82, 2.24) is 9.69 Å². The molecular weight excluding hydrogens is 260 g/mol. The molecule has 0 aliphatic heterocycles. The fourth-order valence-corrected chi connectivity index (χ4v) is 2.73. The lowest BCUT2D eigenvalue weighted by Crippen LogP contribution is -2.36. The predicted octanol–water partition coefficient (Wildman–Crippen LogP) is 2.43. The Morgan fingerprint density at radius 2 is 2.26 bits per heavy atom. The van der Waals surface area contributed by atoms with Gasteiger partial charge in [0.2, 0.25) is 5.88 Å². The maximum Gasteiger partial charge on any atom is 0.233 e. The fraction of sp³-hybridized carbons (Fsp3) is 0.500. The van der Waals surface area contributed by atoms with Gasteiger partial charge in [-0.25, -0.2) is 0 Å². The second-order valence-corrected chi connectivity index (χ2v) is 5.26. The summed E-state index contributed by atoms with van der Waals surface area (Å²) < 4.78 is 11.3. The number of hydrogen-bond donors (Lipinski definition) is 2. The molecule has 104 valence electrons. The molecule has 0 amide bonds. The lowest BCUT2D eigenvalue weighted by Gasteiger charge is -2.17. The van der Waals surface area contributed by atoms with Crippen LogP contribution in [0.25, 0.3) is 10.1 Å². The van der Waals surface area contributed by atoms with Crippen molar-refractivity contribution in [2.75, 3.05) is 19.8 Å². The van der Waals surface area contributed by atoms with E-state index in [0.29, 0.717) is 19.0 Å². The number of nitrogens with zero attached hydrogens (tertiary/aromatic N) is 1. The van der Waals surface area contributed by atoms with Gasteiger partial charge in [-0.2, -0.15) is 4.37 Å². The van der Waals surface area contributed by atoms with Gasteiger partial charge in [-0.1, -0.05) is 25.5 Å². The van der Waals surface area contributed by atoms with Gasteiger partial charge in [-0.15, -0.1) is 0 Å². The standard InChI is InChI=1S/C14H20N2O2S/c1-2-5-11(15-8-9-17)10-18-14-12-6-3-4-7-13(12)19-16-14/h3-4,6-7,11,15,17H,2,5,8-10H2,1H3. The number of fused-ring (bicyclic) bond motifs is 1. The second kappa shape index (κ2) is 7.43. The van der Waals surface area contributed by atoms with Crippen LogP contribution < -0.4 is 10.1 Å². The van der Waals surface area contributed by atoms with E-state index in [-0.39, 0.29) is 12.6 Å². The molecule has 0 aliphatic rings. The molecule has 1 unspecified atom stereocenters. The molecule has 0 fully saturated rings. The highest BCUT2D eigenvalue weighted by atomic mass is 32.1. The zero-order valence-corrected chi connectivity index (χ0v) is 11.9. The maximum atomic E-state index is 8.86. The Kier molecular flexibility index (Phi) is 5.57. The summed E-state index contributed by atoms with van der Waals surface area (Å²) in [5.41, 5.74) is 0. The second-order valence-electron chi connectivity index (χ2n) is 4.46. The molecule has 1 aromatic carbocycles. The number of aromatic nitrogens is 1. The van der Waals surface area contributed by atoms with E-state index in [4.69, 9.17) is 9.84 Å². The van der Waals surface area contributed by atoms with E-state index in [9.17, 15) is 0 Å². The Hall–Kier alpha value is -1.17. The summed E-state index contributed by atoms with van der Waals surface area (Å²) in [6.07, 6.45) is 2.12. The van der Waals surface area contributed by atoms with Gasteiger partial charge in [0.25, 0.3) is 0 Å². The normalized spacial score (nSPS) is 12.7. The number of hydrogen-bond acceptors (Lipinski definition) is 5. The summed E-state index contributed by atoms with van der Waals surface area (Å²) in [5.74, 6) is 0.715. The van der Waals surface area contributed by atoms with Crippen LogP contribution in [-0.4, -0.2) is 35.3 Å².